The number of aliphatic hydroxyl groups is 1. The fraction of sp³-hybridized carbons (Fsp3) is 0.516. The Labute approximate surface area is 233 Å². The van der Waals surface area contributed by atoms with Crippen LogP contribution in [0.4, 0.5) is 4.79 Å². The van der Waals surface area contributed by atoms with Gasteiger partial charge in [0.2, 0.25) is 11.8 Å². The van der Waals surface area contributed by atoms with E-state index in [1.54, 1.807) is 20.8 Å². The maximum absolute atomic E-state index is 14.2. The lowest BCUT2D eigenvalue weighted by Crippen LogP contribution is -2.54. The topological polar surface area (TPSA) is 108 Å². The van der Waals surface area contributed by atoms with Crippen LogP contribution < -0.4 is 10.6 Å². The molecule has 2 aromatic carbocycles. The standard InChI is InChI=1S/C31H45N3O5/c1-7-8-12-15-32-28(36)27(25-19-22(2)18-23(3)20-25)34(16-17-35)29(37)26(21-24-13-10-9-11-14-24)33-30(38)39-31(4,5)6/h9-11,13-14,18-20,26-27,35H,7-8,12,15-17,21H2,1-6H3,(H,32,36)(H,33,38). The molecule has 0 radical (unpaired) electrons. The smallest absolute Gasteiger partial charge is 0.408 e. The molecule has 2 rings (SSSR count). The van der Waals surface area contributed by atoms with Crippen LogP contribution in [0.2, 0.25) is 0 Å². The van der Waals surface area contributed by atoms with E-state index in [0.29, 0.717) is 12.1 Å². The van der Waals surface area contributed by atoms with Crippen LogP contribution in [0.15, 0.2) is 48.5 Å². The van der Waals surface area contributed by atoms with Gasteiger partial charge in [0, 0.05) is 19.5 Å². The number of unbranched alkanes of at least 4 members (excludes halogenated alkanes) is 2. The quantitative estimate of drug-likeness (QED) is 0.322. The summed E-state index contributed by atoms with van der Waals surface area (Å²) in [4.78, 5) is 42.0. The highest BCUT2D eigenvalue weighted by Gasteiger charge is 2.36. The molecule has 0 spiro atoms. The third kappa shape index (κ3) is 10.7. The first-order valence-electron chi connectivity index (χ1n) is 13.8. The molecular formula is C31H45N3O5. The number of aliphatic hydroxyl groups excluding tert-OH is 1. The molecule has 2 atom stereocenters. The van der Waals surface area contributed by atoms with Crippen LogP contribution in [0.3, 0.4) is 0 Å². The van der Waals surface area contributed by atoms with Crippen LogP contribution in [0.25, 0.3) is 0 Å². The van der Waals surface area contributed by atoms with Gasteiger partial charge in [0.1, 0.15) is 17.7 Å². The van der Waals surface area contributed by atoms with Gasteiger partial charge in [-0.05, 0) is 52.2 Å². The predicted molar refractivity (Wildman–Crippen MR) is 153 cm³/mol. The zero-order valence-corrected chi connectivity index (χ0v) is 24.3. The summed E-state index contributed by atoms with van der Waals surface area (Å²) in [5.41, 5.74) is 2.64. The lowest BCUT2D eigenvalue weighted by Gasteiger charge is -2.34. The van der Waals surface area contributed by atoms with E-state index >= 15 is 0 Å². The Hall–Kier alpha value is -3.39. The summed E-state index contributed by atoms with van der Waals surface area (Å²) < 4.78 is 5.45. The molecule has 39 heavy (non-hydrogen) atoms. The van der Waals surface area contributed by atoms with E-state index in [2.05, 4.69) is 17.6 Å². The molecule has 0 heterocycles. The summed E-state index contributed by atoms with van der Waals surface area (Å²) in [5.74, 6) is -0.805. The number of alkyl carbamates (subject to hydrolysis) is 1. The third-order valence-corrected chi connectivity index (χ3v) is 6.10. The molecule has 0 aliphatic heterocycles. The number of hydrogen-bond donors (Lipinski definition) is 3. The Balaban J connectivity index is 2.50. The minimum absolute atomic E-state index is 0.0832. The number of aryl methyl sites for hydroxylation is 2. The maximum Gasteiger partial charge on any atom is 0.408 e. The zero-order valence-electron chi connectivity index (χ0n) is 24.3. The molecule has 0 bridgehead atoms. The van der Waals surface area contributed by atoms with Crippen molar-refractivity contribution in [3.63, 3.8) is 0 Å². The predicted octanol–water partition coefficient (Wildman–Crippen LogP) is 4.61. The van der Waals surface area contributed by atoms with Crippen molar-refractivity contribution >= 4 is 17.9 Å². The summed E-state index contributed by atoms with van der Waals surface area (Å²) in [6, 6.07) is 13.1. The van der Waals surface area contributed by atoms with Gasteiger partial charge in [-0.1, -0.05) is 79.4 Å². The van der Waals surface area contributed by atoms with Gasteiger partial charge in [0.25, 0.3) is 0 Å². The van der Waals surface area contributed by atoms with Gasteiger partial charge in [0.15, 0.2) is 0 Å². The van der Waals surface area contributed by atoms with Crippen molar-refractivity contribution in [2.45, 2.75) is 84.9 Å². The van der Waals surface area contributed by atoms with Crippen LogP contribution in [0.1, 0.15) is 75.3 Å². The molecule has 0 aromatic heterocycles. The Kier molecular flexibility index (Phi) is 12.5. The minimum Gasteiger partial charge on any atom is -0.444 e. The molecule has 8 heteroatoms. The van der Waals surface area contributed by atoms with E-state index in [1.807, 2.05) is 62.4 Å². The van der Waals surface area contributed by atoms with Crippen molar-refractivity contribution in [3.8, 4) is 0 Å². The Bertz CT molecular complexity index is 1060. The van der Waals surface area contributed by atoms with Gasteiger partial charge in [0.05, 0.1) is 6.61 Å². The summed E-state index contributed by atoms with van der Waals surface area (Å²) in [6.45, 7) is 11.3. The first-order valence-corrected chi connectivity index (χ1v) is 13.8. The molecule has 0 aliphatic rings. The number of benzene rings is 2. The molecule has 8 nitrogen and oxygen atoms in total. The zero-order chi connectivity index (χ0) is 29.0. The average molecular weight is 540 g/mol. The van der Waals surface area contributed by atoms with Crippen molar-refractivity contribution in [2.24, 2.45) is 0 Å². The fourth-order valence-electron chi connectivity index (χ4n) is 4.50. The van der Waals surface area contributed by atoms with E-state index in [4.69, 9.17) is 4.74 Å². The van der Waals surface area contributed by atoms with Crippen LogP contribution in [-0.2, 0) is 20.7 Å². The van der Waals surface area contributed by atoms with Gasteiger partial charge >= 0.3 is 6.09 Å². The average Bonchev–Trinajstić information content (AvgIpc) is 2.84. The van der Waals surface area contributed by atoms with E-state index in [0.717, 1.165) is 36.0 Å². The van der Waals surface area contributed by atoms with E-state index in [1.165, 1.54) is 4.90 Å². The molecule has 2 unspecified atom stereocenters. The van der Waals surface area contributed by atoms with Crippen molar-refractivity contribution in [1.29, 1.82) is 0 Å². The normalized spacial score (nSPS) is 12.8. The monoisotopic (exact) mass is 539 g/mol. The molecule has 214 valence electrons. The lowest BCUT2D eigenvalue weighted by molar-refractivity contribution is -0.143. The van der Waals surface area contributed by atoms with Gasteiger partial charge in [-0.25, -0.2) is 4.79 Å². The second-order valence-electron chi connectivity index (χ2n) is 11.0. The van der Waals surface area contributed by atoms with Crippen LogP contribution in [0.5, 0.6) is 0 Å². The van der Waals surface area contributed by atoms with E-state index < -0.39 is 29.7 Å². The number of nitrogens with zero attached hydrogens (tertiary/aromatic N) is 1. The van der Waals surface area contributed by atoms with Crippen molar-refractivity contribution in [3.05, 3.63) is 70.8 Å². The van der Waals surface area contributed by atoms with Crippen molar-refractivity contribution in [1.82, 2.24) is 15.5 Å². The van der Waals surface area contributed by atoms with Gasteiger partial charge in [-0.15, -0.1) is 0 Å². The summed E-state index contributed by atoms with van der Waals surface area (Å²) in [6.07, 6.45) is 2.29. The highest BCUT2D eigenvalue weighted by atomic mass is 16.6. The third-order valence-electron chi connectivity index (χ3n) is 6.10. The number of nitrogens with one attached hydrogen (secondary N) is 2. The lowest BCUT2D eigenvalue weighted by atomic mass is 9.97. The molecule has 0 saturated carbocycles. The Morgan fingerprint density at radius 2 is 1.64 bits per heavy atom. The number of rotatable bonds is 13. The second kappa shape index (κ2) is 15.3. The largest absolute Gasteiger partial charge is 0.444 e. The first-order chi connectivity index (χ1) is 18.4. The van der Waals surface area contributed by atoms with E-state index in [9.17, 15) is 19.5 Å². The molecule has 3 N–H and O–H groups in total. The number of carbonyl (C=O) groups is 3. The highest BCUT2D eigenvalue weighted by Crippen LogP contribution is 2.25. The first kappa shape index (κ1) is 31.8. The number of ether oxygens (including phenoxy) is 1. The SMILES string of the molecule is CCCCCNC(=O)C(c1cc(C)cc(C)c1)N(CCO)C(=O)C(Cc1ccccc1)NC(=O)OC(C)(C)C. The molecule has 2 aromatic rings. The van der Waals surface area contributed by atoms with E-state index in [-0.39, 0.29) is 25.5 Å². The minimum atomic E-state index is -1.02. The van der Waals surface area contributed by atoms with Gasteiger partial charge in [-0.2, -0.15) is 0 Å². The summed E-state index contributed by atoms with van der Waals surface area (Å²) >= 11 is 0. The van der Waals surface area contributed by atoms with Crippen LogP contribution in [0, 0.1) is 13.8 Å². The highest BCUT2D eigenvalue weighted by molar-refractivity contribution is 5.92. The number of carbonyl (C=O) groups excluding carboxylic acids is 3. The van der Waals surface area contributed by atoms with Crippen LogP contribution in [-0.4, -0.2) is 59.3 Å². The fourth-order valence-corrected chi connectivity index (χ4v) is 4.50. The molecule has 0 fully saturated rings. The van der Waals surface area contributed by atoms with Crippen molar-refractivity contribution in [2.75, 3.05) is 19.7 Å². The maximum atomic E-state index is 14.2. The number of hydrogen-bond acceptors (Lipinski definition) is 5. The summed E-state index contributed by atoms with van der Waals surface area (Å²) in [5, 5.41) is 15.7. The summed E-state index contributed by atoms with van der Waals surface area (Å²) in [7, 11) is 0. The molecule has 0 saturated heterocycles. The number of amides is 3. The van der Waals surface area contributed by atoms with Crippen LogP contribution >= 0.6 is 0 Å². The molecular weight excluding hydrogens is 494 g/mol. The van der Waals surface area contributed by atoms with Gasteiger partial charge < -0.3 is 25.4 Å². The Morgan fingerprint density at radius 1 is 1.00 bits per heavy atom. The van der Waals surface area contributed by atoms with Crippen molar-refractivity contribution < 1.29 is 24.2 Å². The molecule has 3 amide bonds. The second-order valence-corrected chi connectivity index (χ2v) is 11.0. The Morgan fingerprint density at radius 3 is 2.21 bits per heavy atom. The van der Waals surface area contributed by atoms with Gasteiger partial charge in [-0.3, -0.25) is 9.59 Å². The molecule has 0 aliphatic carbocycles.